The van der Waals surface area contributed by atoms with E-state index in [2.05, 4.69) is 0 Å². The SMILES string of the molecule is CCOc1ccc(N2C(=O)S/C(=C/c3cn(-c4ccccc4)nc3-c3ccc(OC)cc3)C2=S)cc1. The highest BCUT2D eigenvalue weighted by molar-refractivity contribution is 8.20. The number of aromatic nitrogens is 2. The lowest BCUT2D eigenvalue weighted by Crippen LogP contribution is -2.26. The Morgan fingerprint density at radius 3 is 2.31 bits per heavy atom. The molecule has 0 bridgehead atoms. The van der Waals surface area contributed by atoms with Crippen molar-refractivity contribution in [3.63, 3.8) is 0 Å². The number of carbonyl (C=O) groups excluding carboxylic acids is 1. The van der Waals surface area contributed by atoms with Crippen LogP contribution in [0.1, 0.15) is 12.5 Å². The molecule has 0 saturated carbocycles. The van der Waals surface area contributed by atoms with Crippen LogP contribution in [0, 0.1) is 0 Å². The Balaban J connectivity index is 1.52. The van der Waals surface area contributed by atoms with E-state index in [1.165, 1.54) is 0 Å². The van der Waals surface area contributed by atoms with Crippen molar-refractivity contribution in [3.05, 3.63) is 95.5 Å². The van der Waals surface area contributed by atoms with Crippen LogP contribution in [0.15, 0.2) is 90.0 Å². The fraction of sp³-hybridized carbons (Fsp3) is 0.107. The van der Waals surface area contributed by atoms with Gasteiger partial charge in [-0.15, -0.1) is 0 Å². The van der Waals surface area contributed by atoms with Crippen molar-refractivity contribution in [2.24, 2.45) is 0 Å². The molecule has 180 valence electrons. The number of rotatable bonds is 7. The quantitative estimate of drug-likeness (QED) is 0.196. The molecule has 5 rings (SSSR count). The number of hydrogen-bond acceptors (Lipinski definition) is 6. The third-order valence-electron chi connectivity index (χ3n) is 5.61. The van der Waals surface area contributed by atoms with Crippen molar-refractivity contribution >= 4 is 46.0 Å². The second-order valence-corrected chi connectivity index (χ2v) is 9.27. The molecule has 1 fully saturated rings. The third kappa shape index (κ3) is 4.78. The van der Waals surface area contributed by atoms with Gasteiger partial charge < -0.3 is 9.47 Å². The molecule has 1 aliphatic heterocycles. The van der Waals surface area contributed by atoms with E-state index in [4.69, 9.17) is 26.8 Å². The fourth-order valence-corrected chi connectivity index (χ4v) is 5.14. The van der Waals surface area contributed by atoms with Gasteiger partial charge in [0.15, 0.2) is 0 Å². The van der Waals surface area contributed by atoms with Crippen LogP contribution in [-0.2, 0) is 0 Å². The molecular formula is C28H23N3O3S2. The van der Waals surface area contributed by atoms with E-state index < -0.39 is 0 Å². The van der Waals surface area contributed by atoms with Crippen LogP contribution < -0.4 is 14.4 Å². The monoisotopic (exact) mass is 513 g/mol. The van der Waals surface area contributed by atoms with Crippen molar-refractivity contribution in [2.45, 2.75) is 6.92 Å². The summed E-state index contributed by atoms with van der Waals surface area (Å²) in [7, 11) is 1.64. The number of thiocarbonyl (C=S) groups is 1. The summed E-state index contributed by atoms with van der Waals surface area (Å²) in [5, 5.41) is 4.72. The summed E-state index contributed by atoms with van der Waals surface area (Å²) in [4.78, 5) is 15.7. The van der Waals surface area contributed by atoms with E-state index in [9.17, 15) is 4.79 Å². The maximum atomic E-state index is 12.9. The van der Waals surface area contributed by atoms with E-state index in [1.54, 1.807) is 12.0 Å². The van der Waals surface area contributed by atoms with E-state index >= 15 is 0 Å². The van der Waals surface area contributed by atoms with Gasteiger partial charge in [0.2, 0.25) is 0 Å². The molecule has 0 unspecified atom stereocenters. The first-order valence-electron chi connectivity index (χ1n) is 11.4. The summed E-state index contributed by atoms with van der Waals surface area (Å²) in [5.41, 5.74) is 4.21. The second-order valence-electron chi connectivity index (χ2n) is 7.89. The minimum Gasteiger partial charge on any atom is -0.497 e. The Morgan fingerprint density at radius 1 is 0.944 bits per heavy atom. The summed E-state index contributed by atoms with van der Waals surface area (Å²) in [6.07, 6.45) is 3.89. The van der Waals surface area contributed by atoms with E-state index in [0.29, 0.717) is 22.2 Å². The lowest BCUT2D eigenvalue weighted by atomic mass is 10.1. The van der Waals surface area contributed by atoms with Crippen LogP contribution in [0.2, 0.25) is 0 Å². The van der Waals surface area contributed by atoms with Crippen LogP contribution in [0.4, 0.5) is 10.5 Å². The maximum Gasteiger partial charge on any atom is 0.296 e. The van der Waals surface area contributed by atoms with Gasteiger partial charge in [0.25, 0.3) is 5.24 Å². The highest BCUT2D eigenvalue weighted by Gasteiger charge is 2.33. The molecule has 1 aromatic heterocycles. The first-order chi connectivity index (χ1) is 17.6. The van der Waals surface area contributed by atoms with Crippen molar-refractivity contribution in [3.8, 4) is 28.4 Å². The Bertz CT molecular complexity index is 1430. The number of hydrogen-bond donors (Lipinski definition) is 0. The van der Waals surface area contributed by atoms with Gasteiger partial charge in [-0.25, -0.2) is 4.68 Å². The smallest absolute Gasteiger partial charge is 0.296 e. The zero-order chi connectivity index (χ0) is 25.1. The molecule has 0 N–H and O–H groups in total. The zero-order valence-electron chi connectivity index (χ0n) is 19.8. The number of ether oxygens (including phenoxy) is 2. The summed E-state index contributed by atoms with van der Waals surface area (Å²) in [5.74, 6) is 1.52. The molecule has 0 spiro atoms. The lowest BCUT2D eigenvalue weighted by Gasteiger charge is -2.15. The summed E-state index contributed by atoms with van der Waals surface area (Å²) in [6, 6.07) is 25.0. The van der Waals surface area contributed by atoms with Crippen LogP contribution in [-0.4, -0.2) is 33.7 Å². The van der Waals surface area contributed by atoms with E-state index in [0.717, 1.165) is 45.8 Å². The molecule has 3 aromatic carbocycles. The number of amides is 1. The van der Waals surface area contributed by atoms with Gasteiger partial charge >= 0.3 is 0 Å². The molecular weight excluding hydrogens is 490 g/mol. The molecule has 36 heavy (non-hydrogen) atoms. The Morgan fingerprint density at radius 2 is 1.64 bits per heavy atom. The first kappa shape index (κ1) is 23.8. The second kappa shape index (κ2) is 10.4. The average Bonchev–Trinajstić information content (AvgIpc) is 3.45. The molecule has 0 aliphatic carbocycles. The molecule has 2 heterocycles. The molecule has 4 aromatic rings. The Hall–Kier alpha value is -3.88. The molecule has 1 saturated heterocycles. The number of thioether (sulfide) groups is 1. The van der Waals surface area contributed by atoms with E-state index in [-0.39, 0.29) is 5.24 Å². The Labute approximate surface area is 219 Å². The van der Waals surface area contributed by atoms with Gasteiger partial charge in [-0.3, -0.25) is 9.69 Å². The van der Waals surface area contributed by atoms with Gasteiger partial charge in [0, 0.05) is 17.3 Å². The minimum atomic E-state index is -0.142. The average molecular weight is 514 g/mol. The van der Waals surface area contributed by atoms with E-state index in [1.807, 2.05) is 103 Å². The summed E-state index contributed by atoms with van der Waals surface area (Å²) >= 11 is 6.86. The number of nitrogens with zero attached hydrogens (tertiary/aromatic N) is 3. The zero-order valence-corrected chi connectivity index (χ0v) is 21.4. The predicted octanol–water partition coefficient (Wildman–Crippen LogP) is 6.99. The van der Waals surface area contributed by atoms with Gasteiger partial charge in [0.05, 0.1) is 35.7 Å². The highest BCUT2D eigenvalue weighted by Crippen LogP contribution is 2.38. The largest absolute Gasteiger partial charge is 0.497 e. The molecule has 1 aliphatic rings. The normalized spacial score (nSPS) is 14.5. The number of para-hydroxylation sites is 1. The maximum absolute atomic E-state index is 12.9. The molecule has 0 radical (unpaired) electrons. The van der Waals surface area contributed by atoms with Crippen LogP contribution in [0.25, 0.3) is 23.0 Å². The van der Waals surface area contributed by atoms with Crippen molar-refractivity contribution in [2.75, 3.05) is 18.6 Å². The van der Waals surface area contributed by atoms with Crippen molar-refractivity contribution < 1.29 is 14.3 Å². The number of carbonyl (C=O) groups is 1. The van der Waals surface area contributed by atoms with Gasteiger partial charge in [-0.2, -0.15) is 5.10 Å². The lowest BCUT2D eigenvalue weighted by molar-refractivity contribution is 0.268. The third-order valence-corrected chi connectivity index (χ3v) is 7.03. The van der Waals surface area contributed by atoms with Crippen molar-refractivity contribution in [1.82, 2.24) is 9.78 Å². The number of benzene rings is 3. The fourth-order valence-electron chi connectivity index (χ4n) is 3.87. The van der Waals surface area contributed by atoms with Gasteiger partial charge in [-0.05, 0) is 85.4 Å². The van der Waals surface area contributed by atoms with Crippen LogP contribution >= 0.6 is 24.0 Å². The molecule has 8 heteroatoms. The number of methoxy groups -OCH3 is 1. The summed E-state index contributed by atoms with van der Waals surface area (Å²) in [6.45, 7) is 2.51. The molecule has 6 nitrogen and oxygen atoms in total. The first-order valence-corrected chi connectivity index (χ1v) is 12.6. The number of anilines is 1. The van der Waals surface area contributed by atoms with Gasteiger partial charge in [-0.1, -0.05) is 30.4 Å². The molecule has 1 amide bonds. The Kier molecular flexibility index (Phi) is 6.88. The summed E-state index contributed by atoms with van der Waals surface area (Å²) < 4.78 is 12.7. The highest BCUT2D eigenvalue weighted by atomic mass is 32.2. The standard InChI is InChI=1S/C28H23N3O3S2/c1-3-34-24-15-11-22(12-16-24)31-27(35)25(36-28(31)32)17-20-18-30(21-7-5-4-6-8-21)29-26(20)19-9-13-23(33-2)14-10-19/h4-18H,3H2,1-2H3/b25-17+. The van der Waals surface area contributed by atoms with Gasteiger partial charge in [0.1, 0.15) is 16.5 Å². The van der Waals surface area contributed by atoms with Crippen LogP contribution in [0.3, 0.4) is 0 Å². The molecule has 0 atom stereocenters. The predicted molar refractivity (Wildman–Crippen MR) is 149 cm³/mol. The van der Waals surface area contributed by atoms with Crippen molar-refractivity contribution in [1.29, 1.82) is 0 Å². The topological polar surface area (TPSA) is 56.6 Å². The van der Waals surface area contributed by atoms with Crippen LogP contribution in [0.5, 0.6) is 11.5 Å². The minimum absolute atomic E-state index is 0.142.